The van der Waals surface area contributed by atoms with Gasteiger partial charge in [-0.2, -0.15) is 0 Å². The highest BCUT2D eigenvalue weighted by atomic mass is 35.5. The van der Waals surface area contributed by atoms with Crippen molar-refractivity contribution in [1.82, 2.24) is 5.32 Å². The van der Waals surface area contributed by atoms with Crippen molar-refractivity contribution in [1.29, 1.82) is 0 Å². The van der Waals surface area contributed by atoms with Crippen LogP contribution >= 0.6 is 11.6 Å². The zero-order valence-corrected chi connectivity index (χ0v) is 19.7. The second-order valence-electron chi connectivity index (χ2n) is 8.58. The summed E-state index contributed by atoms with van der Waals surface area (Å²) >= 11 is 5.92. The van der Waals surface area contributed by atoms with Crippen LogP contribution in [0, 0.1) is 11.2 Å². The highest BCUT2D eigenvalue weighted by Crippen LogP contribution is 2.47. The third-order valence-electron chi connectivity index (χ3n) is 6.73. The molecule has 1 aliphatic rings. The van der Waals surface area contributed by atoms with Crippen molar-refractivity contribution in [2.45, 2.75) is 66.3 Å². The number of hydrogen-bond donors (Lipinski definition) is 1. The van der Waals surface area contributed by atoms with Crippen molar-refractivity contribution in [2.24, 2.45) is 5.41 Å². The van der Waals surface area contributed by atoms with Gasteiger partial charge < -0.3 is 5.32 Å². The van der Waals surface area contributed by atoms with Gasteiger partial charge in [0.1, 0.15) is 5.82 Å². The molecule has 0 aliphatic heterocycles. The maximum Gasteiger partial charge on any atom is 0.146 e. The van der Waals surface area contributed by atoms with E-state index in [0.29, 0.717) is 17.5 Å². The van der Waals surface area contributed by atoms with Gasteiger partial charge in [-0.15, -0.1) is 0 Å². The Bertz CT molecular complexity index is 894. The third kappa shape index (κ3) is 5.55. The molecule has 1 N–H and O–H groups in total. The molecule has 0 atom stereocenters. The predicted octanol–water partition coefficient (Wildman–Crippen LogP) is 8.45. The molecule has 0 heterocycles. The van der Waals surface area contributed by atoms with Crippen LogP contribution in [0.25, 0.3) is 0 Å². The van der Waals surface area contributed by atoms with Crippen molar-refractivity contribution in [3.8, 4) is 0 Å². The quantitative estimate of drug-likeness (QED) is 0.369. The molecule has 1 nitrogen and oxygen atoms in total. The molecule has 0 radical (unpaired) electrons. The SMILES string of the molecule is C=C(NCc1cccc(Cl)c1F)/C(=C/CC1(CC)CCC1)C(=C)/C(C)=C(\C)C(=C)C. The average Bonchev–Trinajstić information content (AvgIpc) is 2.69. The lowest BCUT2D eigenvalue weighted by Crippen LogP contribution is -2.28. The van der Waals surface area contributed by atoms with Crippen molar-refractivity contribution in [3.05, 3.63) is 94.0 Å². The molecule has 0 unspecified atom stereocenters. The fourth-order valence-electron chi connectivity index (χ4n) is 3.86. The largest absolute Gasteiger partial charge is 0.381 e. The van der Waals surface area contributed by atoms with E-state index in [1.807, 2.05) is 6.92 Å². The molecule has 1 aliphatic carbocycles. The van der Waals surface area contributed by atoms with Gasteiger partial charge in [0.15, 0.2) is 0 Å². The molecule has 1 aromatic rings. The van der Waals surface area contributed by atoms with Gasteiger partial charge in [0.25, 0.3) is 0 Å². The molecule has 2 rings (SSSR count). The van der Waals surface area contributed by atoms with E-state index in [1.165, 1.54) is 25.7 Å². The number of nitrogens with one attached hydrogen (secondary N) is 1. The Balaban J connectivity index is 2.28. The van der Waals surface area contributed by atoms with E-state index in [4.69, 9.17) is 11.6 Å². The van der Waals surface area contributed by atoms with Crippen molar-refractivity contribution in [3.63, 3.8) is 0 Å². The van der Waals surface area contributed by atoms with Crippen LogP contribution in [0.2, 0.25) is 5.02 Å². The molecule has 0 bridgehead atoms. The second kappa shape index (κ2) is 10.3. The first-order chi connectivity index (χ1) is 14.1. The molecule has 0 saturated heterocycles. The predicted molar refractivity (Wildman–Crippen MR) is 129 cm³/mol. The van der Waals surface area contributed by atoms with Crippen LogP contribution in [0.15, 0.2) is 77.6 Å². The number of benzene rings is 1. The summed E-state index contributed by atoms with van der Waals surface area (Å²) < 4.78 is 14.3. The second-order valence-corrected chi connectivity index (χ2v) is 8.99. The monoisotopic (exact) mass is 427 g/mol. The number of rotatable bonds is 10. The zero-order valence-electron chi connectivity index (χ0n) is 18.9. The smallest absolute Gasteiger partial charge is 0.146 e. The van der Waals surface area contributed by atoms with Crippen LogP contribution in [0.4, 0.5) is 4.39 Å². The topological polar surface area (TPSA) is 12.0 Å². The van der Waals surface area contributed by atoms with Gasteiger partial charge in [0, 0.05) is 17.8 Å². The summed E-state index contributed by atoms with van der Waals surface area (Å²) in [5.74, 6) is -0.391. The Hall–Kier alpha value is -2.06. The van der Waals surface area contributed by atoms with Crippen LogP contribution in [0.5, 0.6) is 0 Å². The summed E-state index contributed by atoms with van der Waals surface area (Å²) in [6.07, 6.45) is 8.29. The summed E-state index contributed by atoms with van der Waals surface area (Å²) in [5, 5.41) is 3.42. The van der Waals surface area contributed by atoms with Gasteiger partial charge in [-0.1, -0.05) is 74.9 Å². The Morgan fingerprint density at radius 1 is 1.17 bits per heavy atom. The van der Waals surface area contributed by atoms with E-state index in [0.717, 1.165) is 40.0 Å². The normalized spacial score (nSPS) is 16.4. The minimum absolute atomic E-state index is 0.130. The van der Waals surface area contributed by atoms with Crippen LogP contribution in [-0.2, 0) is 6.54 Å². The molecule has 1 aromatic carbocycles. The lowest BCUT2D eigenvalue weighted by molar-refractivity contribution is 0.131. The fraction of sp³-hybridized carbons (Fsp3) is 0.407. The molecule has 1 saturated carbocycles. The van der Waals surface area contributed by atoms with Crippen LogP contribution in [0.3, 0.4) is 0 Å². The maximum atomic E-state index is 14.3. The standard InChI is InChI=1S/C27H35ClFN/c1-8-27(14-10-15-27)16-13-24(21(6)20(5)19(4)18(2)3)22(7)30-17-23-11-9-12-25(28)26(23)29/h9,11-13,30H,2,6-8,10,14-17H2,1,3-5H3/b20-19+,24-13+. The molecule has 3 heteroatoms. The third-order valence-corrected chi connectivity index (χ3v) is 7.02. The average molecular weight is 428 g/mol. The Morgan fingerprint density at radius 2 is 1.83 bits per heavy atom. The lowest BCUT2D eigenvalue weighted by atomic mass is 9.65. The summed E-state index contributed by atoms with van der Waals surface area (Å²) in [5.41, 5.74) is 6.85. The first-order valence-corrected chi connectivity index (χ1v) is 11.1. The van der Waals surface area contributed by atoms with Crippen LogP contribution < -0.4 is 5.32 Å². The first-order valence-electron chi connectivity index (χ1n) is 10.7. The summed E-state index contributed by atoms with van der Waals surface area (Å²) in [4.78, 5) is 0. The van der Waals surface area contributed by atoms with E-state index in [-0.39, 0.29) is 5.02 Å². The molecule has 0 aromatic heterocycles. The zero-order chi connectivity index (χ0) is 22.5. The summed E-state index contributed by atoms with van der Waals surface area (Å²) in [6, 6.07) is 5.04. The highest BCUT2D eigenvalue weighted by molar-refractivity contribution is 6.30. The molecule has 162 valence electrons. The summed E-state index contributed by atoms with van der Waals surface area (Å²) in [7, 11) is 0. The van der Waals surface area contributed by atoms with Gasteiger partial charge in [0.05, 0.1) is 5.02 Å². The molecule has 1 fully saturated rings. The molecular weight excluding hydrogens is 393 g/mol. The molecule has 0 spiro atoms. The van der Waals surface area contributed by atoms with Crippen molar-refractivity contribution >= 4 is 11.6 Å². The van der Waals surface area contributed by atoms with Gasteiger partial charge in [-0.3, -0.25) is 0 Å². The van der Waals surface area contributed by atoms with Gasteiger partial charge in [-0.25, -0.2) is 4.39 Å². The van der Waals surface area contributed by atoms with Crippen LogP contribution in [0.1, 0.15) is 65.4 Å². The van der Waals surface area contributed by atoms with E-state index in [9.17, 15) is 4.39 Å². The van der Waals surface area contributed by atoms with Crippen LogP contribution in [-0.4, -0.2) is 0 Å². The lowest BCUT2D eigenvalue weighted by Gasteiger charge is -2.41. The van der Waals surface area contributed by atoms with Crippen molar-refractivity contribution < 1.29 is 4.39 Å². The first kappa shape index (κ1) is 24.2. The Labute approximate surface area is 187 Å². The molecular formula is C27H35ClFN. The number of halogens is 2. The Kier molecular flexibility index (Phi) is 8.32. The Morgan fingerprint density at radius 3 is 2.37 bits per heavy atom. The summed E-state index contributed by atoms with van der Waals surface area (Å²) in [6.45, 7) is 21.4. The van der Waals surface area contributed by atoms with Gasteiger partial charge >= 0.3 is 0 Å². The molecule has 0 amide bonds. The van der Waals surface area contributed by atoms with Crippen molar-refractivity contribution in [2.75, 3.05) is 0 Å². The van der Waals surface area contributed by atoms with E-state index >= 15 is 0 Å². The minimum Gasteiger partial charge on any atom is -0.381 e. The van der Waals surface area contributed by atoms with Gasteiger partial charge in [0.2, 0.25) is 0 Å². The molecule has 30 heavy (non-hydrogen) atoms. The highest BCUT2D eigenvalue weighted by Gasteiger charge is 2.34. The van der Waals surface area contributed by atoms with E-state index in [1.54, 1.807) is 18.2 Å². The number of allylic oxidation sites excluding steroid dienone is 5. The van der Waals surface area contributed by atoms with E-state index in [2.05, 4.69) is 51.9 Å². The van der Waals surface area contributed by atoms with Gasteiger partial charge in [-0.05, 0) is 73.8 Å². The number of hydrogen-bond acceptors (Lipinski definition) is 1. The maximum absolute atomic E-state index is 14.3. The minimum atomic E-state index is -0.391. The fourth-order valence-corrected chi connectivity index (χ4v) is 4.05. The van der Waals surface area contributed by atoms with E-state index < -0.39 is 5.82 Å².